The summed E-state index contributed by atoms with van der Waals surface area (Å²) in [5, 5.41) is 9.13. The molecule has 3 aromatic rings. The predicted molar refractivity (Wildman–Crippen MR) is 107 cm³/mol. The largest absolute Gasteiger partial charge is 0.335 e. The van der Waals surface area contributed by atoms with E-state index in [1.54, 1.807) is 0 Å². The van der Waals surface area contributed by atoms with Crippen LogP contribution in [0.25, 0.3) is 22.2 Å². The van der Waals surface area contributed by atoms with Crippen molar-refractivity contribution in [3.63, 3.8) is 0 Å². The zero-order valence-corrected chi connectivity index (χ0v) is 15.8. The molecule has 6 nitrogen and oxygen atoms in total. The second-order valence-corrected chi connectivity index (χ2v) is 8.48. The molecule has 2 aliphatic heterocycles. The lowest BCUT2D eigenvalue weighted by Crippen LogP contribution is -2.41. The maximum absolute atomic E-state index is 12.5. The van der Waals surface area contributed by atoms with E-state index < -0.39 is 0 Å². The molecule has 1 saturated carbocycles. The quantitative estimate of drug-likeness (QED) is 0.750. The third-order valence-electron chi connectivity index (χ3n) is 6.56. The second kappa shape index (κ2) is 5.80. The highest BCUT2D eigenvalue weighted by molar-refractivity contribution is 5.82. The number of nitrogens with one attached hydrogen (secondary N) is 1. The Balaban J connectivity index is 1.29. The molecule has 1 spiro atoms. The number of nitrogens with zero attached hydrogens (tertiary/aromatic N) is 4. The van der Waals surface area contributed by atoms with Gasteiger partial charge in [-0.1, -0.05) is 18.2 Å². The van der Waals surface area contributed by atoms with Crippen LogP contribution in [-0.2, 0) is 12.0 Å². The lowest BCUT2D eigenvalue weighted by Gasteiger charge is -2.23. The highest BCUT2D eigenvalue weighted by atomic mass is 16.2. The van der Waals surface area contributed by atoms with Crippen molar-refractivity contribution in [3.8, 4) is 11.3 Å². The van der Waals surface area contributed by atoms with Crippen LogP contribution in [0.15, 0.2) is 42.6 Å². The van der Waals surface area contributed by atoms with E-state index in [0.29, 0.717) is 6.04 Å². The molecule has 2 amide bonds. The van der Waals surface area contributed by atoms with Gasteiger partial charge in [-0.05, 0) is 43.9 Å². The summed E-state index contributed by atoms with van der Waals surface area (Å²) in [6.45, 7) is 2.55. The van der Waals surface area contributed by atoms with Crippen LogP contribution >= 0.6 is 0 Å². The number of hydrogen-bond donors (Lipinski definition) is 1. The summed E-state index contributed by atoms with van der Waals surface area (Å²) in [4.78, 5) is 19.1. The first kappa shape index (κ1) is 16.1. The van der Waals surface area contributed by atoms with Gasteiger partial charge in [-0.25, -0.2) is 4.79 Å². The molecular formula is C22H23N5O. The standard InChI is InChI=1S/C22H23N5O/c28-21(24-17-5-6-17)26-9-7-22(14-26)8-10-27-20(22)12-19(25-27)16-11-15-3-1-2-4-18(15)23-13-16/h1-4,11-13,17H,5-10,14H2,(H,24,28). The summed E-state index contributed by atoms with van der Waals surface area (Å²) in [6, 6.07) is 13.1. The summed E-state index contributed by atoms with van der Waals surface area (Å²) in [6.07, 6.45) is 6.25. The zero-order chi connectivity index (χ0) is 18.7. The smallest absolute Gasteiger partial charge is 0.317 e. The van der Waals surface area contributed by atoms with Gasteiger partial charge in [0.1, 0.15) is 0 Å². The van der Waals surface area contributed by atoms with Gasteiger partial charge in [0.25, 0.3) is 0 Å². The highest BCUT2D eigenvalue weighted by Crippen LogP contribution is 2.44. The van der Waals surface area contributed by atoms with Crippen molar-refractivity contribution in [1.82, 2.24) is 25.0 Å². The Bertz CT molecular complexity index is 1090. The number of rotatable bonds is 2. The number of aryl methyl sites for hydroxylation is 1. The van der Waals surface area contributed by atoms with Crippen molar-refractivity contribution in [2.45, 2.75) is 43.7 Å². The Morgan fingerprint density at radius 1 is 1.14 bits per heavy atom. The van der Waals surface area contributed by atoms with E-state index in [4.69, 9.17) is 5.10 Å². The van der Waals surface area contributed by atoms with Gasteiger partial charge in [-0.15, -0.1) is 0 Å². The predicted octanol–water partition coefficient (Wildman–Crippen LogP) is 3.32. The number of urea groups is 1. The fourth-order valence-corrected chi connectivity index (χ4v) is 4.77. The molecular weight excluding hydrogens is 350 g/mol. The minimum absolute atomic E-state index is 0.0520. The molecule has 1 saturated heterocycles. The van der Waals surface area contributed by atoms with Gasteiger partial charge in [0.2, 0.25) is 0 Å². The molecule has 1 aromatic carbocycles. The van der Waals surface area contributed by atoms with E-state index in [-0.39, 0.29) is 11.4 Å². The van der Waals surface area contributed by atoms with Crippen LogP contribution in [0, 0.1) is 0 Å². The van der Waals surface area contributed by atoms with Gasteiger partial charge in [0.15, 0.2) is 0 Å². The third-order valence-corrected chi connectivity index (χ3v) is 6.56. The molecule has 0 radical (unpaired) electrons. The van der Waals surface area contributed by atoms with Gasteiger partial charge < -0.3 is 10.2 Å². The van der Waals surface area contributed by atoms with Gasteiger partial charge in [0, 0.05) is 53.9 Å². The molecule has 28 heavy (non-hydrogen) atoms. The van der Waals surface area contributed by atoms with Crippen molar-refractivity contribution in [2.75, 3.05) is 13.1 Å². The maximum Gasteiger partial charge on any atom is 0.317 e. The van der Waals surface area contributed by atoms with E-state index in [0.717, 1.165) is 67.5 Å². The molecule has 1 unspecified atom stereocenters. The van der Waals surface area contributed by atoms with Crippen LogP contribution in [0.1, 0.15) is 31.4 Å². The van der Waals surface area contributed by atoms with Crippen molar-refractivity contribution >= 4 is 16.9 Å². The average molecular weight is 373 g/mol. The van der Waals surface area contributed by atoms with Crippen LogP contribution in [0.4, 0.5) is 4.79 Å². The van der Waals surface area contributed by atoms with Crippen LogP contribution in [-0.4, -0.2) is 44.8 Å². The van der Waals surface area contributed by atoms with Crippen LogP contribution < -0.4 is 5.32 Å². The second-order valence-electron chi connectivity index (χ2n) is 8.48. The summed E-state index contributed by atoms with van der Waals surface area (Å²) < 4.78 is 2.15. The number of para-hydroxylation sites is 1. The monoisotopic (exact) mass is 373 g/mol. The number of fused-ring (bicyclic) bond motifs is 3. The van der Waals surface area contributed by atoms with E-state index in [2.05, 4.69) is 33.2 Å². The number of carbonyl (C=O) groups is 1. The van der Waals surface area contributed by atoms with Gasteiger partial charge in [-0.3, -0.25) is 9.67 Å². The average Bonchev–Trinajstić information content (AvgIpc) is 3.16. The minimum atomic E-state index is 0.0520. The fourth-order valence-electron chi connectivity index (χ4n) is 4.77. The SMILES string of the molecule is O=C(NC1CC1)N1CCC2(CCn3nc(-c4cnc5ccccc5c4)cc32)C1. The minimum Gasteiger partial charge on any atom is -0.335 e. The number of aromatic nitrogens is 3. The Labute approximate surface area is 163 Å². The summed E-state index contributed by atoms with van der Waals surface area (Å²) in [5.74, 6) is 0. The molecule has 2 aromatic heterocycles. The number of amides is 2. The number of pyridine rings is 1. The Hall–Kier alpha value is -2.89. The molecule has 2 fully saturated rings. The molecule has 1 N–H and O–H groups in total. The van der Waals surface area contributed by atoms with Crippen molar-refractivity contribution in [1.29, 1.82) is 0 Å². The summed E-state index contributed by atoms with van der Waals surface area (Å²) >= 11 is 0. The molecule has 142 valence electrons. The van der Waals surface area contributed by atoms with Crippen molar-refractivity contribution < 1.29 is 4.79 Å². The molecule has 6 heteroatoms. The fraction of sp³-hybridized carbons (Fsp3) is 0.409. The normalized spacial score (nSPS) is 23.5. The van der Waals surface area contributed by atoms with Gasteiger partial charge in [0.05, 0.1) is 11.2 Å². The summed E-state index contributed by atoms with van der Waals surface area (Å²) in [7, 11) is 0. The Kier molecular flexibility index (Phi) is 3.34. The first-order valence-electron chi connectivity index (χ1n) is 10.2. The van der Waals surface area contributed by atoms with Gasteiger partial charge >= 0.3 is 6.03 Å². The Morgan fingerprint density at radius 2 is 2.00 bits per heavy atom. The topological polar surface area (TPSA) is 63.1 Å². The highest BCUT2D eigenvalue weighted by Gasteiger charge is 2.47. The van der Waals surface area contributed by atoms with Crippen LogP contribution in [0.5, 0.6) is 0 Å². The zero-order valence-electron chi connectivity index (χ0n) is 15.8. The van der Waals surface area contributed by atoms with Crippen LogP contribution in [0.3, 0.4) is 0 Å². The lowest BCUT2D eigenvalue weighted by atomic mass is 9.82. The first-order valence-corrected chi connectivity index (χ1v) is 10.2. The maximum atomic E-state index is 12.5. The van der Waals surface area contributed by atoms with Crippen molar-refractivity contribution in [3.05, 3.63) is 48.3 Å². The third kappa shape index (κ3) is 2.51. The molecule has 6 rings (SSSR count). The molecule has 4 heterocycles. The van der Waals surface area contributed by atoms with E-state index in [1.807, 2.05) is 29.3 Å². The number of likely N-dealkylation sites (tertiary alicyclic amines) is 1. The summed E-state index contributed by atoms with van der Waals surface area (Å²) in [5.41, 5.74) is 4.36. The number of benzene rings is 1. The van der Waals surface area contributed by atoms with E-state index in [9.17, 15) is 4.79 Å². The first-order chi connectivity index (χ1) is 13.7. The lowest BCUT2D eigenvalue weighted by molar-refractivity contribution is 0.205. The van der Waals surface area contributed by atoms with Gasteiger partial charge in [-0.2, -0.15) is 5.10 Å². The molecule has 3 aliphatic rings. The van der Waals surface area contributed by atoms with E-state index in [1.165, 1.54) is 5.69 Å². The van der Waals surface area contributed by atoms with Crippen LogP contribution in [0.2, 0.25) is 0 Å². The molecule has 1 aliphatic carbocycles. The number of hydrogen-bond acceptors (Lipinski definition) is 3. The Morgan fingerprint density at radius 3 is 2.89 bits per heavy atom. The van der Waals surface area contributed by atoms with Crippen molar-refractivity contribution in [2.24, 2.45) is 0 Å². The molecule has 1 atom stereocenters. The van der Waals surface area contributed by atoms with E-state index >= 15 is 0 Å². The molecule has 0 bridgehead atoms. The number of carbonyl (C=O) groups excluding carboxylic acids is 1.